The van der Waals surface area contributed by atoms with E-state index >= 15 is 4.79 Å². The van der Waals surface area contributed by atoms with Crippen LogP contribution in [0.5, 0.6) is 0 Å². The van der Waals surface area contributed by atoms with Crippen molar-refractivity contribution in [2.24, 2.45) is 61.2 Å². The second-order valence-corrected chi connectivity index (χ2v) is 23.4. The topological polar surface area (TPSA) is 123 Å². The molecule has 0 aromatic carbocycles. The highest BCUT2D eigenvalue weighted by Crippen LogP contribution is 2.78. The van der Waals surface area contributed by atoms with Crippen LogP contribution in [-0.4, -0.2) is 70.9 Å². The molecule has 0 aromatic rings. The maximum absolute atomic E-state index is 15.3. The zero-order valence-electron chi connectivity index (χ0n) is 38.9. The van der Waals surface area contributed by atoms with Gasteiger partial charge in [0.15, 0.2) is 5.78 Å². The summed E-state index contributed by atoms with van der Waals surface area (Å²) >= 11 is 6.26. The van der Waals surface area contributed by atoms with E-state index in [9.17, 15) is 19.5 Å². The van der Waals surface area contributed by atoms with E-state index in [1.165, 1.54) is 11.1 Å². The van der Waals surface area contributed by atoms with Crippen molar-refractivity contribution in [3.8, 4) is 0 Å². The SMILES string of the molecule is C=NC12CCC3(C)C(CCC4C5=C(C(C)C)CCC5(C(=O)CN(CC5C=CC(Cl)=CC5)C(=O)OC(C)(C)C)CCC43C)C1(C)CCC(OC(=O)CC(C)(C)C(=O)O)C2(C)C. The number of ether oxygens (including phenoxy) is 2. The third-order valence-corrected chi connectivity index (χ3v) is 18.0. The average molecular weight is 852 g/mol. The number of carboxylic acid groups (broad SMARTS) is 1. The van der Waals surface area contributed by atoms with Crippen LogP contribution in [0.25, 0.3) is 0 Å². The number of ketones is 1. The molecular weight excluding hydrogens is 776 g/mol. The van der Waals surface area contributed by atoms with Gasteiger partial charge in [-0.05, 0) is 158 Å². The number of amides is 1. The number of aliphatic carboxylic acids is 1. The van der Waals surface area contributed by atoms with Crippen molar-refractivity contribution in [3.63, 3.8) is 0 Å². The Morgan fingerprint density at radius 3 is 2.18 bits per heavy atom. The maximum Gasteiger partial charge on any atom is 0.410 e. The van der Waals surface area contributed by atoms with E-state index in [2.05, 4.69) is 55.2 Å². The van der Waals surface area contributed by atoms with Crippen molar-refractivity contribution in [3.05, 3.63) is 34.4 Å². The van der Waals surface area contributed by atoms with E-state index in [1.54, 1.807) is 18.7 Å². The van der Waals surface area contributed by atoms with Crippen LogP contribution in [-0.2, 0) is 23.9 Å². The van der Waals surface area contributed by atoms with Gasteiger partial charge in [0.2, 0.25) is 0 Å². The number of aliphatic imine (C=N–C) groups is 1. The Hall–Kier alpha value is -2.94. The summed E-state index contributed by atoms with van der Waals surface area (Å²) in [6.45, 7) is 29.9. The Kier molecular flexibility index (Phi) is 12.2. The van der Waals surface area contributed by atoms with Gasteiger partial charge in [-0.3, -0.25) is 19.4 Å². The molecule has 0 bridgehead atoms. The molecule has 334 valence electrons. The minimum absolute atomic E-state index is 0.0229. The molecule has 60 heavy (non-hydrogen) atoms. The molecule has 4 fully saturated rings. The lowest BCUT2D eigenvalue weighted by Gasteiger charge is -2.74. The van der Waals surface area contributed by atoms with Gasteiger partial charge >= 0.3 is 18.0 Å². The lowest BCUT2D eigenvalue weighted by atomic mass is 9.31. The minimum Gasteiger partial charge on any atom is -0.481 e. The highest BCUT2D eigenvalue weighted by atomic mass is 35.5. The third-order valence-electron chi connectivity index (χ3n) is 17.7. The summed E-state index contributed by atoms with van der Waals surface area (Å²) in [7, 11) is 0. The standard InChI is InChI=1S/C50H75ClN2O7/c1-31(2)34-20-23-49(37(54)30-53(42(58)60-43(3,4)5)29-32-14-16-33(51)17-15-32)26-24-46(10)35(40(34)49)18-19-36-47(46,11)25-27-50(52-13)45(8,9)38(21-22-48(36,50)12)59-39(55)28-44(6,7)41(56)57/h14,16-17,31-32,35-36,38H,13,15,18-30H2,1-12H3,(H,56,57). The summed E-state index contributed by atoms with van der Waals surface area (Å²) < 4.78 is 12.2. The minimum atomic E-state index is -1.22. The third kappa shape index (κ3) is 7.34. The normalized spacial score (nSPS) is 37.2. The van der Waals surface area contributed by atoms with Gasteiger partial charge in [-0.2, -0.15) is 0 Å². The molecule has 6 aliphatic rings. The van der Waals surface area contributed by atoms with Gasteiger partial charge in [-0.1, -0.05) is 83.4 Å². The average Bonchev–Trinajstić information content (AvgIpc) is 3.54. The molecular formula is C50H75ClN2O7. The van der Waals surface area contributed by atoms with E-state index in [0.29, 0.717) is 36.3 Å². The summed E-state index contributed by atoms with van der Waals surface area (Å²) in [6, 6.07) is 0. The second kappa shape index (κ2) is 15.7. The number of allylic oxidation sites excluding steroid dienone is 5. The van der Waals surface area contributed by atoms with Crippen LogP contribution in [0.15, 0.2) is 39.4 Å². The quantitative estimate of drug-likeness (QED) is 0.125. The highest BCUT2D eigenvalue weighted by Gasteiger charge is 2.75. The zero-order chi connectivity index (χ0) is 44.6. The number of rotatable bonds is 11. The van der Waals surface area contributed by atoms with Crippen LogP contribution in [0.2, 0.25) is 0 Å². The van der Waals surface area contributed by atoms with Gasteiger partial charge < -0.3 is 19.5 Å². The lowest BCUT2D eigenvalue weighted by molar-refractivity contribution is -0.241. The molecule has 0 heterocycles. The van der Waals surface area contributed by atoms with Crippen molar-refractivity contribution < 1.29 is 33.8 Å². The number of carboxylic acids is 1. The van der Waals surface area contributed by atoms with Crippen molar-refractivity contribution >= 4 is 42.1 Å². The smallest absolute Gasteiger partial charge is 0.410 e. The fourth-order valence-electron chi connectivity index (χ4n) is 14.1. The molecule has 0 radical (unpaired) electrons. The highest BCUT2D eigenvalue weighted by molar-refractivity contribution is 6.31. The first-order valence-electron chi connectivity index (χ1n) is 22.8. The molecule has 9 unspecified atom stereocenters. The van der Waals surface area contributed by atoms with E-state index in [4.69, 9.17) is 26.1 Å². The Bertz CT molecular complexity index is 1870. The maximum atomic E-state index is 15.3. The first kappa shape index (κ1) is 46.6. The fourth-order valence-corrected chi connectivity index (χ4v) is 14.3. The van der Waals surface area contributed by atoms with Crippen LogP contribution in [0.1, 0.15) is 160 Å². The predicted octanol–water partition coefficient (Wildman–Crippen LogP) is 11.5. The largest absolute Gasteiger partial charge is 0.481 e. The molecule has 0 saturated heterocycles. The summed E-state index contributed by atoms with van der Waals surface area (Å²) in [5, 5.41) is 10.4. The van der Waals surface area contributed by atoms with Crippen LogP contribution < -0.4 is 0 Å². The number of fused-ring (bicyclic) bond motifs is 7. The van der Waals surface area contributed by atoms with Crippen molar-refractivity contribution in [1.29, 1.82) is 0 Å². The molecule has 9 atom stereocenters. The number of carbonyl (C=O) groups is 4. The lowest BCUT2D eigenvalue weighted by Crippen LogP contribution is -2.73. The Morgan fingerprint density at radius 2 is 1.60 bits per heavy atom. The van der Waals surface area contributed by atoms with Gasteiger partial charge in [0.05, 0.1) is 29.3 Å². The predicted molar refractivity (Wildman–Crippen MR) is 238 cm³/mol. The number of halogens is 1. The molecule has 10 heteroatoms. The number of hydrogen-bond acceptors (Lipinski definition) is 7. The fraction of sp³-hybridized carbons (Fsp3) is 0.780. The molecule has 1 amide bonds. The van der Waals surface area contributed by atoms with Gasteiger partial charge in [-0.15, -0.1) is 0 Å². The summed E-state index contributed by atoms with van der Waals surface area (Å²) in [5.41, 5.74) is -1.13. The molecule has 0 spiro atoms. The van der Waals surface area contributed by atoms with Gasteiger partial charge in [-0.25, -0.2) is 4.79 Å². The van der Waals surface area contributed by atoms with Gasteiger partial charge in [0, 0.05) is 17.0 Å². The Morgan fingerprint density at radius 1 is 0.933 bits per heavy atom. The van der Waals surface area contributed by atoms with Crippen LogP contribution >= 0.6 is 11.6 Å². The number of Topliss-reactive ketones (excluding diaryl/α,β-unsaturated/α-hetero) is 1. The van der Waals surface area contributed by atoms with Crippen LogP contribution in [0, 0.1) is 56.2 Å². The summed E-state index contributed by atoms with van der Waals surface area (Å²) in [4.78, 5) is 61.1. The first-order valence-corrected chi connectivity index (χ1v) is 23.2. The number of carbonyl (C=O) groups excluding carboxylic acids is 3. The van der Waals surface area contributed by atoms with E-state index in [1.807, 2.05) is 39.0 Å². The van der Waals surface area contributed by atoms with Crippen molar-refractivity contribution in [2.75, 3.05) is 13.1 Å². The zero-order valence-corrected chi connectivity index (χ0v) is 39.7. The Labute approximate surface area is 365 Å². The van der Waals surface area contributed by atoms with E-state index in [0.717, 1.165) is 57.8 Å². The van der Waals surface area contributed by atoms with Crippen molar-refractivity contribution in [2.45, 2.75) is 177 Å². The molecule has 6 aliphatic carbocycles. The van der Waals surface area contributed by atoms with Crippen LogP contribution in [0.4, 0.5) is 4.79 Å². The van der Waals surface area contributed by atoms with E-state index in [-0.39, 0.29) is 46.8 Å². The second-order valence-electron chi connectivity index (χ2n) is 23.0. The summed E-state index contributed by atoms with van der Waals surface area (Å²) in [5.74, 6) is -0.425. The first-order chi connectivity index (χ1) is 27.6. The molecule has 0 aliphatic heterocycles. The number of esters is 1. The molecule has 1 N–H and O–H groups in total. The molecule has 9 nitrogen and oxygen atoms in total. The Balaban J connectivity index is 1.31. The van der Waals surface area contributed by atoms with Gasteiger partial charge in [0.1, 0.15) is 11.7 Å². The number of nitrogens with zero attached hydrogens (tertiary/aromatic N) is 2. The monoisotopic (exact) mass is 851 g/mol. The van der Waals surface area contributed by atoms with Gasteiger partial charge in [0.25, 0.3) is 0 Å². The van der Waals surface area contributed by atoms with E-state index < -0.39 is 51.5 Å². The molecule has 0 aromatic heterocycles. The van der Waals surface area contributed by atoms with Crippen LogP contribution in [0.3, 0.4) is 0 Å². The van der Waals surface area contributed by atoms with Crippen molar-refractivity contribution in [1.82, 2.24) is 4.90 Å². The molecule has 6 rings (SSSR count). The number of hydrogen-bond donors (Lipinski definition) is 1. The molecule has 4 saturated carbocycles. The summed E-state index contributed by atoms with van der Waals surface area (Å²) in [6.07, 6.45) is 14.2.